The summed E-state index contributed by atoms with van der Waals surface area (Å²) in [5.41, 5.74) is 1.12. The van der Waals surface area contributed by atoms with Crippen molar-refractivity contribution in [2.75, 3.05) is 44.9 Å². The average molecular weight is 514 g/mol. The normalized spacial score (nSPS) is 13.1. The zero-order valence-corrected chi connectivity index (χ0v) is 19.4. The minimum absolute atomic E-state index is 0. The van der Waals surface area contributed by atoms with Crippen LogP contribution in [0.25, 0.3) is 0 Å². The molecule has 1 aromatic carbocycles. The largest absolute Gasteiger partial charge is 0.486 e. The Balaban J connectivity index is 0.00000338. The van der Waals surface area contributed by atoms with Crippen LogP contribution in [0.1, 0.15) is 25.3 Å². The standard InChI is InChI=1S/C18H28ClN3O2S.HI/c1-3-20-18(21-7-4-5-11-25-2)22-8-6-14-12-15(19)17-16(13-14)23-9-10-24-17;/h12-13H,3-11H2,1-2H3,(H2,20,21,22);1H. The summed E-state index contributed by atoms with van der Waals surface area (Å²) >= 11 is 8.17. The molecule has 26 heavy (non-hydrogen) atoms. The van der Waals surface area contributed by atoms with E-state index in [1.54, 1.807) is 0 Å². The quantitative estimate of drug-likeness (QED) is 0.226. The van der Waals surface area contributed by atoms with E-state index in [0.717, 1.165) is 49.7 Å². The van der Waals surface area contributed by atoms with Gasteiger partial charge in [0.25, 0.3) is 0 Å². The highest BCUT2D eigenvalue weighted by molar-refractivity contribution is 14.0. The predicted molar refractivity (Wildman–Crippen MR) is 123 cm³/mol. The monoisotopic (exact) mass is 513 g/mol. The first-order valence-corrected chi connectivity index (χ1v) is 10.6. The molecule has 148 valence electrons. The number of rotatable bonds is 9. The second-order valence-electron chi connectivity index (χ2n) is 5.74. The van der Waals surface area contributed by atoms with Gasteiger partial charge >= 0.3 is 0 Å². The fraction of sp³-hybridized carbons (Fsp3) is 0.611. The Kier molecular flexibility index (Phi) is 12.3. The zero-order chi connectivity index (χ0) is 17.9. The third kappa shape index (κ3) is 8.00. The minimum Gasteiger partial charge on any atom is -0.486 e. The van der Waals surface area contributed by atoms with Crippen LogP contribution in [0.5, 0.6) is 11.5 Å². The zero-order valence-electron chi connectivity index (χ0n) is 15.5. The maximum Gasteiger partial charge on any atom is 0.191 e. The molecule has 0 aliphatic carbocycles. The first kappa shape index (κ1) is 23.5. The highest BCUT2D eigenvalue weighted by atomic mass is 127. The number of nitrogens with one attached hydrogen (secondary N) is 2. The van der Waals surface area contributed by atoms with Crippen molar-refractivity contribution in [1.82, 2.24) is 10.6 Å². The van der Waals surface area contributed by atoms with E-state index in [9.17, 15) is 0 Å². The minimum atomic E-state index is 0. The topological polar surface area (TPSA) is 54.9 Å². The van der Waals surface area contributed by atoms with Crippen LogP contribution in [0, 0.1) is 0 Å². The van der Waals surface area contributed by atoms with Gasteiger partial charge < -0.3 is 20.1 Å². The summed E-state index contributed by atoms with van der Waals surface area (Å²) in [5, 5.41) is 7.27. The molecule has 5 nitrogen and oxygen atoms in total. The summed E-state index contributed by atoms with van der Waals surface area (Å²) in [6, 6.07) is 3.96. The van der Waals surface area contributed by atoms with Crippen LogP contribution in [-0.4, -0.2) is 50.8 Å². The third-order valence-electron chi connectivity index (χ3n) is 3.73. The smallest absolute Gasteiger partial charge is 0.191 e. The van der Waals surface area contributed by atoms with Crippen LogP contribution in [0.2, 0.25) is 5.02 Å². The molecule has 0 saturated carbocycles. The van der Waals surface area contributed by atoms with Gasteiger partial charge in [-0.05, 0) is 55.9 Å². The predicted octanol–water partition coefficient (Wildman–Crippen LogP) is 3.97. The van der Waals surface area contributed by atoms with Gasteiger partial charge in [0.15, 0.2) is 17.5 Å². The molecule has 0 fully saturated rings. The first-order chi connectivity index (χ1) is 12.2. The Morgan fingerprint density at radius 2 is 2.04 bits per heavy atom. The molecular formula is C18H29ClIN3O2S. The Morgan fingerprint density at radius 3 is 2.81 bits per heavy atom. The molecule has 0 bridgehead atoms. The van der Waals surface area contributed by atoms with Crippen molar-refractivity contribution in [2.45, 2.75) is 26.2 Å². The van der Waals surface area contributed by atoms with E-state index in [2.05, 4.69) is 28.8 Å². The lowest BCUT2D eigenvalue weighted by Crippen LogP contribution is -2.38. The van der Waals surface area contributed by atoms with E-state index in [1.165, 1.54) is 12.2 Å². The Morgan fingerprint density at radius 1 is 1.23 bits per heavy atom. The lowest BCUT2D eigenvalue weighted by atomic mass is 10.1. The van der Waals surface area contributed by atoms with E-state index < -0.39 is 0 Å². The van der Waals surface area contributed by atoms with Crippen molar-refractivity contribution in [3.05, 3.63) is 22.7 Å². The highest BCUT2D eigenvalue weighted by Gasteiger charge is 2.16. The van der Waals surface area contributed by atoms with E-state index >= 15 is 0 Å². The van der Waals surface area contributed by atoms with Gasteiger partial charge in [0.1, 0.15) is 13.2 Å². The van der Waals surface area contributed by atoms with Crippen molar-refractivity contribution >= 4 is 53.3 Å². The third-order valence-corrected chi connectivity index (χ3v) is 4.71. The molecule has 0 unspecified atom stereocenters. The van der Waals surface area contributed by atoms with Gasteiger partial charge in [-0.3, -0.25) is 4.99 Å². The highest BCUT2D eigenvalue weighted by Crippen LogP contribution is 2.38. The van der Waals surface area contributed by atoms with E-state index in [0.29, 0.717) is 24.0 Å². The van der Waals surface area contributed by atoms with Crippen LogP contribution in [0.15, 0.2) is 17.1 Å². The van der Waals surface area contributed by atoms with E-state index in [4.69, 9.17) is 21.1 Å². The lowest BCUT2D eigenvalue weighted by Gasteiger charge is -2.20. The molecule has 2 rings (SSSR count). The summed E-state index contributed by atoms with van der Waals surface area (Å²) in [6.45, 7) is 5.68. The average Bonchev–Trinajstić information content (AvgIpc) is 2.61. The Labute approximate surface area is 183 Å². The van der Waals surface area contributed by atoms with Crippen molar-refractivity contribution in [3.63, 3.8) is 0 Å². The molecule has 0 aromatic heterocycles. The van der Waals surface area contributed by atoms with Crippen molar-refractivity contribution in [2.24, 2.45) is 4.99 Å². The van der Waals surface area contributed by atoms with Gasteiger partial charge in [-0.2, -0.15) is 11.8 Å². The van der Waals surface area contributed by atoms with E-state index in [-0.39, 0.29) is 24.0 Å². The van der Waals surface area contributed by atoms with Gasteiger partial charge in [-0.1, -0.05) is 11.6 Å². The van der Waals surface area contributed by atoms with Crippen LogP contribution >= 0.6 is 47.3 Å². The number of aliphatic imine (C=N–C) groups is 1. The molecule has 1 aliphatic rings. The second-order valence-corrected chi connectivity index (χ2v) is 7.13. The molecule has 0 amide bonds. The Hall–Kier alpha value is -0.540. The number of benzene rings is 1. The summed E-state index contributed by atoms with van der Waals surface area (Å²) in [7, 11) is 0. The summed E-state index contributed by atoms with van der Waals surface area (Å²) in [5.74, 6) is 3.47. The molecule has 1 aliphatic heterocycles. The first-order valence-electron chi connectivity index (χ1n) is 8.83. The molecule has 0 radical (unpaired) electrons. The Bertz CT molecular complexity index is 576. The van der Waals surface area contributed by atoms with Crippen LogP contribution in [0.3, 0.4) is 0 Å². The molecule has 0 atom stereocenters. The number of hydrogen-bond donors (Lipinski definition) is 2. The molecule has 1 aromatic rings. The number of thioether (sulfide) groups is 1. The lowest BCUT2D eigenvalue weighted by molar-refractivity contribution is 0.171. The number of fused-ring (bicyclic) bond motifs is 1. The number of unbranched alkanes of at least 4 members (excludes halogenated alkanes) is 1. The van der Waals surface area contributed by atoms with E-state index in [1.807, 2.05) is 23.9 Å². The fourth-order valence-corrected chi connectivity index (χ4v) is 3.31. The number of nitrogens with zero attached hydrogens (tertiary/aromatic N) is 1. The summed E-state index contributed by atoms with van der Waals surface area (Å²) in [4.78, 5) is 4.62. The van der Waals surface area contributed by atoms with Crippen LogP contribution in [-0.2, 0) is 6.42 Å². The molecule has 0 saturated heterocycles. The van der Waals surface area contributed by atoms with Gasteiger partial charge in [-0.25, -0.2) is 0 Å². The molecule has 2 N–H and O–H groups in total. The molecule has 1 heterocycles. The maximum absolute atomic E-state index is 6.29. The van der Waals surface area contributed by atoms with Gasteiger partial charge in [0, 0.05) is 19.6 Å². The fourth-order valence-electron chi connectivity index (χ4n) is 2.52. The number of hydrogen-bond acceptors (Lipinski definition) is 4. The summed E-state index contributed by atoms with van der Waals surface area (Å²) < 4.78 is 11.2. The van der Waals surface area contributed by atoms with Crippen molar-refractivity contribution < 1.29 is 9.47 Å². The second kappa shape index (κ2) is 13.6. The number of halogens is 2. The van der Waals surface area contributed by atoms with Crippen molar-refractivity contribution in [1.29, 1.82) is 0 Å². The van der Waals surface area contributed by atoms with Crippen LogP contribution < -0.4 is 20.1 Å². The van der Waals surface area contributed by atoms with Gasteiger partial charge in [0.05, 0.1) is 5.02 Å². The van der Waals surface area contributed by atoms with Crippen molar-refractivity contribution in [3.8, 4) is 11.5 Å². The number of guanidine groups is 1. The molecule has 8 heteroatoms. The summed E-state index contributed by atoms with van der Waals surface area (Å²) in [6.07, 6.45) is 5.31. The molecular weight excluding hydrogens is 485 g/mol. The van der Waals surface area contributed by atoms with Gasteiger partial charge in [-0.15, -0.1) is 24.0 Å². The molecule has 0 spiro atoms. The number of ether oxygens (including phenoxy) is 2. The van der Waals surface area contributed by atoms with Crippen LogP contribution in [0.4, 0.5) is 0 Å². The SMILES string of the molecule is CCNC(=NCCCCSC)NCCc1cc(Cl)c2c(c1)OCCO2.I. The van der Waals surface area contributed by atoms with Gasteiger partial charge in [0.2, 0.25) is 0 Å². The maximum atomic E-state index is 6.29.